The van der Waals surface area contributed by atoms with Crippen LogP contribution in [0, 0.1) is 31.6 Å². The first kappa shape index (κ1) is 28.4. The topological polar surface area (TPSA) is 51.6 Å². The molecular weight excluding hydrogens is 781 g/mol. The van der Waals surface area contributed by atoms with Gasteiger partial charge in [0.1, 0.15) is 22.1 Å². The molecule has 8 aliphatic carbocycles. The molecule has 4 nitrogen and oxygen atoms in total. The van der Waals surface area contributed by atoms with Crippen molar-refractivity contribution in [1.82, 2.24) is 19.9 Å². The molecule has 13 aromatic rings. The highest BCUT2D eigenvalue weighted by Crippen LogP contribution is 2.83. The lowest BCUT2D eigenvalue weighted by Gasteiger charge is -2.37. The molecule has 8 aliphatic rings. The van der Waals surface area contributed by atoms with Gasteiger partial charge >= 0.3 is 0 Å². The molecule has 21 rings (SSSR count). The van der Waals surface area contributed by atoms with E-state index in [-0.39, 0.29) is 17.3 Å². The van der Waals surface area contributed by atoms with Crippen molar-refractivity contribution in [1.29, 1.82) is 0 Å². The molecule has 0 spiro atoms. The van der Waals surface area contributed by atoms with Crippen LogP contribution >= 0.6 is 22.7 Å². The summed E-state index contributed by atoms with van der Waals surface area (Å²) in [5.74, 6) is 3.53. The average molecular weight is 807 g/mol. The van der Waals surface area contributed by atoms with Crippen molar-refractivity contribution in [3.05, 3.63) is 125 Å². The predicted molar refractivity (Wildman–Crippen MR) is 248 cm³/mol. The van der Waals surface area contributed by atoms with E-state index >= 15 is 0 Å². The molecule has 0 amide bonds. The Kier molecular flexibility index (Phi) is 3.70. The minimum absolute atomic E-state index is 0.232. The van der Waals surface area contributed by atoms with Gasteiger partial charge < -0.3 is 0 Å². The second-order valence-electron chi connectivity index (χ2n) is 20.4. The van der Waals surface area contributed by atoms with Crippen molar-refractivity contribution in [2.75, 3.05) is 0 Å². The van der Waals surface area contributed by atoms with E-state index in [9.17, 15) is 0 Å². The summed E-state index contributed by atoms with van der Waals surface area (Å²) in [6, 6.07) is 10.2. The summed E-state index contributed by atoms with van der Waals surface area (Å²) in [4.78, 5) is 25.8. The van der Waals surface area contributed by atoms with E-state index in [0.29, 0.717) is 35.5 Å². The number of aryl methyl sites for hydroxylation is 2. The van der Waals surface area contributed by atoms with Crippen LogP contribution in [0.2, 0.25) is 0 Å². The second-order valence-corrected chi connectivity index (χ2v) is 22.8. The molecule has 0 N–H and O–H groups in total. The maximum Gasteiger partial charge on any atom is 0.104 e. The number of fused-ring (bicyclic) bond motifs is 10. The van der Waals surface area contributed by atoms with Crippen molar-refractivity contribution in [3.63, 3.8) is 0 Å². The molecule has 0 aliphatic heterocycles. The van der Waals surface area contributed by atoms with Crippen LogP contribution in [0.1, 0.15) is 82.5 Å². The van der Waals surface area contributed by atoms with Gasteiger partial charge in [-0.05, 0) is 162 Å². The molecule has 278 valence electrons. The first-order valence-corrected chi connectivity index (χ1v) is 23.9. The van der Waals surface area contributed by atoms with Crippen molar-refractivity contribution in [2.45, 2.75) is 48.9 Å². The Labute approximate surface area is 352 Å². The molecule has 61 heavy (non-hydrogen) atoms. The van der Waals surface area contributed by atoms with Crippen LogP contribution in [0.15, 0.2) is 67.3 Å². The zero-order valence-electron chi connectivity index (χ0n) is 32.7. The maximum atomic E-state index is 5.26. The Bertz CT molecular complexity index is 4540. The van der Waals surface area contributed by atoms with Gasteiger partial charge in [0.15, 0.2) is 0 Å². The van der Waals surface area contributed by atoms with E-state index in [1.807, 2.05) is 53.0 Å². The van der Waals surface area contributed by atoms with Gasteiger partial charge in [0.05, 0.1) is 5.41 Å². The fraction of sp³-hybridized carbons (Fsp3) is 0.200. The van der Waals surface area contributed by atoms with Crippen molar-refractivity contribution in [3.8, 4) is 0 Å². The lowest BCUT2D eigenvalue weighted by atomic mass is 9.65. The van der Waals surface area contributed by atoms with Crippen LogP contribution in [0.4, 0.5) is 0 Å². The zero-order valence-corrected chi connectivity index (χ0v) is 34.3. The molecule has 2 fully saturated rings. The summed E-state index contributed by atoms with van der Waals surface area (Å²) < 4.78 is 0. The standard InChI is InChI=1S/C55H26N4S2/c1-15-49-51(58-13-11-56-49)53(60-15)55(54-52-50(16(2)61-54)57-12-14-59-52)47-33-23-9-7-21-19-5-3-17-18-4-6-20-22-8-10-24-32-30(22)37-28(20)26(18)35-25(17)27(19)36-29(21)31(23)38-40(33)41(34(24)48(47)55)39(32)46-44(37)42(35)43(36)45(38)46/h3-14,17,19,21,25,27,29,47-48H,1-2H3. The lowest BCUT2D eigenvalue weighted by molar-refractivity contribution is 0.355. The first-order chi connectivity index (χ1) is 30.2. The number of benzene rings is 5. The molecule has 0 bridgehead atoms. The molecule has 8 unspecified atom stereocenters. The van der Waals surface area contributed by atoms with Crippen LogP contribution in [0.3, 0.4) is 0 Å². The Balaban J connectivity index is 1.08. The zero-order chi connectivity index (χ0) is 38.3. The Morgan fingerprint density at radius 1 is 0.492 bits per heavy atom. The highest BCUT2D eigenvalue weighted by molar-refractivity contribution is 7.15. The van der Waals surface area contributed by atoms with Crippen molar-refractivity contribution >= 4 is 143 Å². The molecule has 4 aromatic heterocycles. The van der Waals surface area contributed by atoms with E-state index in [1.54, 1.807) is 109 Å². The van der Waals surface area contributed by atoms with Gasteiger partial charge in [-0.3, -0.25) is 19.9 Å². The molecule has 6 heteroatoms. The Morgan fingerprint density at radius 3 is 1.89 bits per heavy atom. The van der Waals surface area contributed by atoms with E-state index < -0.39 is 0 Å². The number of nitrogens with zero attached hydrogens (tertiary/aromatic N) is 4. The SMILES string of the molecule is Cc1sc(C2(c3sc(C)c4nccnc34)C3c4c5c6c7c4c4c(c8ccc9c%10ccc%11c%12c%13c%14c(c7c7c%14c(c%12%10)c9c8c47)=C4C6C(C=C5)C5C=CC%11C%13C45)C32)c2nccnc12. The smallest absolute Gasteiger partial charge is 0.104 e. The van der Waals surface area contributed by atoms with Gasteiger partial charge in [-0.2, -0.15) is 0 Å². The van der Waals surface area contributed by atoms with Gasteiger partial charge in [-0.15, -0.1) is 22.7 Å². The quantitative estimate of drug-likeness (QED) is 0.129. The third-order valence-electron chi connectivity index (χ3n) is 19.1. The van der Waals surface area contributed by atoms with E-state index in [0.717, 1.165) is 22.1 Å². The van der Waals surface area contributed by atoms with Gasteiger partial charge in [-0.25, -0.2) is 0 Å². The minimum Gasteiger partial charge on any atom is -0.252 e. The monoisotopic (exact) mass is 806 g/mol. The van der Waals surface area contributed by atoms with E-state index in [1.165, 1.54) is 35.7 Å². The van der Waals surface area contributed by atoms with Crippen LogP contribution in [-0.4, -0.2) is 19.9 Å². The summed E-state index contributed by atoms with van der Waals surface area (Å²) in [5, 5.41) is 27.0. The van der Waals surface area contributed by atoms with Gasteiger partial charge in [0.2, 0.25) is 0 Å². The molecular formula is C55H26N4S2. The Morgan fingerprint density at radius 2 is 1.10 bits per heavy atom. The number of hydrogen-bond acceptors (Lipinski definition) is 6. The molecule has 9 aromatic carbocycles. The van der Waals surface area contributed by atoms with Crippen LogP contribution < -0.4 is 5.22 Å². The number of aromatic nitrogens is 4. The molecule has 8 atom stereocenters. The highest BCUT2D eigenvalue weighted by atomic mass is 32.1. The number of thiophene rings is 2. The predicted octanol–water partition coefficient (Wildman–Crippen LogP) is 12.5. The number of allylic oxidation sites excluding steroid dienone is 3. The van der Waals surface area contributed by atoms with Crippen molar-refractivity contribution in [2.24, 2.45) is 17.8 Å². The normalized spacial score (nSPS) is 28.5. The van der Waals surface area contributed by atoms with Gasteiger partial charge in [0, 0.05) is 73.9 Å². The molecule has 2 saturated carbocycles. The summed E-state index contributed by atoms with van der Waals surface area (Å²) in [5.41, 5.74) is 15.5. The summed E-state index contributed by atoms with van der Waals surface area (Å²) >= 11 is 3.90. The third kappa shape index (κ3) is 2.25. The van der Waals surface area contributed by atoms with E-state index in [4.69, 9.17) is 19.9 Å². The molecule has 4 heterocycles. The summed E-state index contributed by atoms with van der Waals surface area (Å²) in [6.45, 7) is 4.53. The number of rotatable bonds is 2. The second kappa shape index (κ2) is 7.94. The van der Waals surface area contributed by atoms with Crippen LogP contribution in [0.5, 0.6) is 0 Å². The first-order valence-electron chi connectivity index (χ1n) is 22.3. The largest absolute Gasteiger partial charge is 0.252 e. The van der Waals surface area contributed by atoms with Gasteiger partial charge in [0.25, 0.3) is 0 Å². The number of hydrogen-bond donors (Lipinski definition) is 0. The molecule has 0 radical (unpaired) electrons. The summed E-state index contributed by atoms with van der Waals surface area (Å²) in [6.07, 6.45) is 18.4. The van der Waals surface area contributed by atoms with Crippen LogP contribution in [-0.2, 0) is 5.41 Å². The summed E-state index contributed by atoms with van der Waals surface area (Å²) in [7, 11) is 0. The van der Waals surface area contributed by atoms with Crippen LogP contribution in [0.25, 0.3) is 120 Å². The third-order valence-corrected chi connectivity index (χ3v) is 21.5. The lowest BCUT2D eigenvalue weighted by Crippen LogP contribution is -2.31. The fourth-order valence-corrected chi connectivity index (χ4v) is 20.5. The fourth-order valence-electron chi connectivity index (χ4n) is 17.8. The highest BCUT2D eigenvalue weighted by Gasteiger charge is 2.74. The average Bonchev–Trinajstić information content (AvgIpc) is 4.05. The minimum atomic E-state index is -0.365. The van der Waals surface area contributed by atoms with Crippen molar-refractivity contribution < 1.29 is 0 Å². The van der Waals surface area contributed by atoms with Gasteiger partial charge in [-0.1, -0.05) is 48.6 Å². The van der Waals surface area contributed by atoms with E-state index in [2.05, 4.69) is 62.4 Å². The Hall–Kier alpha value is -6.08. The molecule has 0 saturated heterocycles. The maximum absolute atomic E-state index is 5.26.